The van der Waals surface area contributed by atoms with Crippen LogP contribution >= 0.6 is 11.3 Å². The normalized spacial score (nSPS) is 11.6. The number of aromatic nitrogens is 1. The summed E-state index contributed by atoms with van der Waals surface area (Å²) < 4.78 is 38.7. The molecule has 0 aliphatic carbocycles. The van der Waals surface area contributed by atoms with Gasteiger partial charge in [0.15, 0.2) is 0 Å². The number of fused-ring (bicyclic) bond motifs is 1. The Hall–Kier alpha value is -2.61. The van der Waals surface area contributed by atoms with E-state index in [0.29, 0.717) is 20.4 Å². The molecule has 8 heteroatoms. The third-order valence-electron chi connectivity index (χ3n) is 3.31. The molecule has 0 bridgehead atoms. The molecule has 3 aromatic rings. The molecule has 0 aliphatic heterocycles. The van der Waals surface area contributed by atoms with Crippen LogP contribution in [0.15, 0.2) is 58.1 Å². The molecule has 0 radical (unpaired) electrons. The first-order valence-corrected chi connectivity index (χ1v) is 7.62. The SMILES string of the molecule is O=c1sc2ccccc2c(=O)n1OCc1ccc(C(F)(F)F)cc1. The molecule has 0 atom stereocenters. The van der Waals surface area contributed by atoms with Crippen molar-refractivity contribution in [1.82, 2.24) is 4.73 Å². The van der Waals surface area contributed by atoms with Crippen LogP contribution in [0.25, 0.3) is 10.1 Å². The van der Waals surface area contributed by atoms with Crippen molar-refractivity contribution in [2.75, 3.05) is 0 Å². The predicted molar refractivity (Wildman–Crippen MR) is 84.1 cm³/mol. The van der Waals surface area contributed by atoms with Gasteiger partial charge in [0.05, 0.1) is 10.9 Å². The van der Waals surface area contributed by atoms with Crippen LogP contribution in [0, 0.1) is 0 Å². The second kappa shape index (κ2) is 6.12. The Morgan fingerprint density at radius 3 is 2.33 bits per heavy atom. The van der Waals surface area contributed by atoms with Gasteiger partial charge in [0.25, 0.3) is 5.56 Å². The van der Waals surface area contributed by atoms with Gasteiger partial charge in [-0.3, -0.25) is 9.59 Å². The Bertz CT molecular complexity index is 990. The molecule has 1 aromatic heterocycles. The van der Waals surface area contributed by atoms with Gasteiger partial charge in [-0.1, -0.05) is 40.3 Å². The Morgan fingerprint density at radius 2 is 1.67 bits per heavy atom. The summed E-state index contributed by atoms with van der Waals surface area (Å²) in [6.45, 7) is -0.196. The average Bonchev–Trinajstić information content (AvgIpc) is 2.54. The van der Waals surface area contributed by atoms with E-state index >= 15 is 0 Å². The third kappa shape index (κ3) is 3.18. The highest BCUT2D eigenvalue weighted by molar-refractivity contribution is 7.16. The summed E-state index contributed by atoms with van der Waals surface area (Å²) in [7, 11) is 0. The second-order valence-electron chi connectivity index (χ2n) is 4.93. The lowest BCUT2D eigenvalue weighted by atomic mass is 10.1. The summed E-state index contributed by atoms with van der Waals surface area (Å²) in [6.07, 6.45) is -4.42. The van der Waals surface area contributed by atoms with Crippen molar-refractivity contribution in [3.63, 3.8) is 0 Å². The average molecular weight is 353 g/mol. The standard InChI is InChI=1S/C16H10F3NO3S/c17-16(18,19)11-7-5-10(6-8-11)9-23-20-14(21)12-3-1-2-4-13(12)24-15(20)22/h1-8H,9H2. The van der Waals surface area contributed by atoms with E-state index < -0.39 is 22.2 Å². The van der Waals surface area contributed by atoms with E-state index in [0.717, 1.165) is 23.5 Å². The Labute approximate surface area is 137 Å². The summed E-state index contributed by atoms with van der Waals surface area (Å²) >= 11 is 0.857. The summed E-state index contributed by atoms with van der Waals surface area (Å²) in [5.74, 6) is 0. The molecule has 0 N–H and O–H groups in total. The molecule has 1 heterocycles. The second-order valence-corrected chi connectivity index (χ2v) is 5.92. The van der Waals surface area contributed by atoms with Crippen LogP contribution in [0.5, 0.6) is 0 Å². The fourth-order valence-electron chi connectivity index (χ4n) is 2.10. The lowest BCUT2D eigenvalue weighted by Crippen LogP contribution is -2.36. The van der Waals surface area contributed by atoms with Gasteiger partial charge in [0.1, 0.15) is 6.61 Å². The zero-order valence-electron chi connectivity index (χ0n) is 12.0. The molecule has 0 unspecified atom stereocenters. The van der Waals surface area contributed by atoms with Crippen LogP contribution in [-0.4, -0.2) is 4.73 Å². The van der Waals surface area contributed by atoms with Crippen LogP contribution < -0.4 is 15.3 Å². The van der Waals surface area contributed by atoms with Gasteiger partial charge in [0, 0.05) is 4.70 Å². The zero-order chi connectivity index (χ0) is 17.3. The van der Waals surface area contributed by atoms with Crippen molar-refractivity contribution in [2.24, 2.45) is 0 Å². The number of rotatable bonds is 3. The monoisotopic (exact) mass is 353 g/mol. The van der Waals surface area contributed by atoms with Crippen molar-refractivity contribution in [1.29, 1.82) is 0 Å². The van der Waals surface area contributed by atoms with Crippen LogP contribution in [0.4, 0.5) is 13.2 Å². The van der Waals surface area contributed by atoms with E-state index in [9.17, 15) is 22.8 Å². The van der Waals surface area contributed by atoms with Gasteiger partial charge in [0.2, 0.25) is 0 Å². The molecular weight excluding hydrogens is 343 g/mol. The smallest absolute Gasteiger partial charge is 0.402 e. The number of benzene rings is 2. The molecule has 0 saturated carbocycles. The third-order valence-corrected chi connectivity index (χ3v) is 4.22. The Balaban J connectivity index is 1.86. The molecule has 124 valence electrons. The van der Waals surface area contributed by atoms with Gasteiger partial charge in [-0.15, -0.1) is 0 Å². The van der Waals surface area contributed by atoms with E-state index in [1.165, 1.54) is 12.1 Å². The lowest BCUT2D eigenvalue weighted by molar-refractivity contribution is -0.137. The van der Waals surface area contributed by atoms with E-state index in [-0.39, 0.29) is 6.61 Å². The van der Waals surface area contributed by atoms with E-state index in [1.807, 2.05) is 0 Å². The fourth-order valence-corrected chi connectivity index (χ4v) is 2.92. The molecular formula is C16H10F3NO3S. The summed E-state index contributed by atoms with van der Waals surface area (Å²) in [5.41, 5.74) is -0.963. The number of alkyl halides is 3. The van der Waals surface area contributed by atoms with Gasteiger partial charge >= 0.3 is 11.0 Å². The molecule has 2 aromatic carbocycles. The number of hydrogen-bond acceptors (Lipinski definition) is 4. The quantitative estimate of drug-likeness (QED) is 0.727. The van der Waals surface area contributed by atoms with Crippen molar-refractivity contribution in [3.05, 3.63) is 79.7 Å². The van der Waals surface area contributed by atoms with Gasteiger partial charge in [-0.25, -0.2) is 0 Å². The molecule has 0 aliphatic rings. The van der Waals surface area contributed by atoms with Crippen LogP contribution in [0.2, 0.25) is 0 Å². The lowest BCUT2D eigenvalue weighted by Gasteiger charge is -2.09. The minimum atomic E-state index is -4.42. The number of nitrogens with zero attached hydrogens (tertiary/aromatic N) is 1. The first kappa shape index (κ1) is 16.3. The molecule has 0 fully saturated rings. The highest BCUT2D eigenvalue weighted by Crippen LogP contribution is 2.29. The maximum absolute atomic E-state index is 12.5. The highest BCUT2D eigenvalue weighted by atomic mass is 32.1. The summed E-state index contributed by atoms with van der Waals surface area (Å²) in [4.78, 5) is 28.8. The summed E-state index contributed by atoms with van der Waals surface area (Å²) in [6, 6.07) is 10.9. The molecule has 3 rings (SSSR count). The van der Waals surface area contributed by atoms with E-state index in [2.05, 4.69) is 0 Å². The highest BCUT2D eigenvalue weighted by Gasteiger charge is 2.29. The van der Waals surface area contributed by atoms with Crippen LogP contribution in [0.3, 0.4) is 0 Å². The van der Waals surface area contributed by atoms with Crippen molar-refractivity contribution < 1.29 is 18.0 Å². The van der Waals surface area contributed by atoms with Crippen molar-refractivity contribution in [2.45, 2.75) is 12.8 Å². The summed E-state index contributed by atoms with van der Waals surface area (Å²) in [5, 5.41) is 0.342. The van der Waals surface area contributed by atoms with Crippen molar-refractivity contribution in [3.8, 4) is 0 Å². The topological polar surface area (TPSA) is 48.3 Å². The van der Waals surface area contributed by atoms with Gasteiger partial charge in [-0.05, 0) is 29.8 Å². The predicted octanol–water partition coefficient (Wildman–Crippen LogP) is 3.07. The molecule has 24 heavy (non-hydrogen) atoms. The molecule has 0 amide bonds. The zero-order valence-corrected chi connectivity index (χ0v) is 12.9. The maximum atomic E-state index is 12.5. The molecule has 4 nitrogen and oxygen atoms in total. The first-order valence-electron chi connectivity index (χ1n) is 6.80. The van der Waals surface area contributed by atoms with E-state index in [1.54, 1.807) is 24.3 Å². The van der Waals surface area contributed by atoms with Gasteiger partial charge < -0.3 is 4.84 Å². The number of hydrogen-bond donors (Lipinski definition) is 0. The number of halogens is 3. The minimum absolute atomic E-state index is 0.196. The largest absolute Gasteiger partial charge is 0.416 e. The molecule has 0 saturated heterocycles. The molecule has 0 spiro atoms. The minimum Gasteiger partial charge on any atom is -0.402 e. The Kier molecular flexibility index (Phi) is 4.15. The van der Waals surface area contributed by atoms with E-state index in [4.69, 9.17) is 4.84 Å². The van der Waals surface area contributed by atoms with Crippen LogP contribution in [0.1, 0.15) is 11.1 Å². The Morgan fingerprint density at radius 1 is 1.00 bits per heavy atom. The first-order chi connectivity index (χ1) is 11.4. The van der Waals surface area contributed by atoms with Crippen LogP contribution in [-0.2, 0) is 12.8 Å². The maximum Gasteiger partial charge on any atom is 0.416 e. The fraction of sp³-hybridized carbons (Fsp3) is 0.125. The van der Waals surface area contributed by atoms with Gasteiger partial charge in [-0.2, -0.15) is 13.2 Å². The van der Waals surface area contributed by atoms with Crippen molar-refractivity contribution >= 4 is 21.4 Å².